The van der Waals surface area contributed by atoms with E-state index in [0.29, 0.717) is 12.0 Å². The third-order valence-corrected chi connectivity index (χ3v) is 4.75. The molecule has 3 nitrogen and oxygen atoms in total. The second-order valence-electron chi connectivity index (χ2n) is 7.18. The van der Waals surface area contributed by atoms with Crippen molar-refractivity contribution in [1.29, 1.82) is 0 Å². The summed E-state index contributed by atoms with van der Waals surface area (Å²) in [5.74, 6) is 0.685. The van der Waals surface area contributed by atoms with Gasteiger partial charge in [0.2, 0.25) is 0 Å². The lowest BCUT2D eigenvalue weighted by Crippen LogP contribution is -2.53. The number of nitrogens with one attached hydrogen (secondary N) is 1. The molecule has 0 aromatic heterocycles. The third-order valence-electron chi connectivity index (χ3n) is 4.75. The van der Waals surface area contributed by atoms with Gasteiger partial charge in [-0.05, 0) is 25.5 Å². The fraction of sp³-hybridized carbons (Fsp3) is 0.600. The van der Waals surface area contributed by atoms with Crippen molar-refractivity contribution in [2.45, 2.75) is 26.8 Å². The summed E-state index contributed by atoms with van der Waals surface area (Å²) in [6, 6.07) is 11.2. The topological polar surface area (TPSA) is 18.5 Å². The van der Waals surface area contributed by atoms with Crippen molar-refractivity contribution in [2.24, 2.45) is 5.92 Å². The monoisotopic (exact) mass is 315 g/mol. The summed E-state index contributed by atoms with van der Waals surface area (Å²) in [6.07, 6.45) is 2.27. The van der Waals surface area contributed by atoms with Crippen molar-refractivity contribution in [2.75, 3.05) is 46.3 Å². The molecule has 1 atom stereocenters. The zero-order chi connectivity index (χ0) is 16.7. The molecule has 1 aliphatic rings. The van der Waals surface area contributed by atoms with Crippen LogP contribution < -0.4 is 5.32 Å². The summed E-state index contributed by atoms with van der Waals surface area (Å²) < 4.78 is 0. The Morgan fingerprint density at radius 1 is 1.13 bits per heavy atom. The maximum Gasteiger partial charge on any atom is 0.0244 e. The highest BCUT2D eigenvalue weighted by Crippen LogP contribution is 2.13. The Balaban J connectivity index is 1.81. The molecule has 3 heteroatoms. The summed E-state index contributed by atoms with van der Waals surface area (Å²) in [5, 5.41) is 3.67. The van der Waals surface area contributed by atoms with E-state index in [2.05, 4.69) is 79.3 Å². The number of rotatable bonds is 7. The maximum absolute atomic E-state index is 3.67. The van der Waals surface area contributed by atoms with Crippen LogP contribution in [0.4, 0.5) is 0 Å². The van der Waals surface area contributed by atoms with E-state index in [9.17, 15) is 0 Å². The number of hydrogen-bond acceptors (Lipinski definition) is 3. The molecular weight excluding hydrogens is 282 g/mol. The summed E-state index contributed by atoms with van der Waals surface area (Å²) in [4.78, 5) is 5.09. The zero-order valence-corrected chi connectivity index (χ0v) is 15.3. The average Bonchev–Trinajstić information content (AvgIpc) is 2.53. The van der Waals surface area contributed by atoms with Crippen molar-refractivity contribution in [3.63, 3.8) is 0 Å². The molecule has 0 aliphatic carbocycles. The molecule has 1 N–H and O–H groups in total. The van der Waals surface area contributed by atoms with Crippen molar-refractivity contribution >= 4 is 6.08 Å². The van der Waals surface area contributed by atoms with Crippen LogP contribution in [0.25, 0.3) is 6.08 Å². The van der Waals surface area contributed by atoms with Crippen LogP contribution in [0.5, 0.6) is 0 Å². The molecule has 0 spiro atoms. The molecule has 1 aromatic carbocycles. The molecule has 23 heavy (non-hydrogen) atoms. The minimum Gasteiger partial charge on any atom is -0.311 e. The van der Waals surface area contributed by atoms with Crippen molar-refractivity contribution in [3.8, 4) is 0 Å². The standard InChI is InChI=1S/C20H33N3/c1-17(2)20(23-12-10-22(4)11-13-23)16-21-15-18(3)14-19-8-6-5-7-9-19/h5-9,14,17,20-21H,10-13,15-16H2,1-4H3/b18-14+. The average molecular weight is 316 g/mol. The largest absolute Gasteiger partial charge is 0.311 e. The van der Waals surface area contributed by atoms with E-state index in [1.165, 1.54) is 37.3 Å². The van der Waals surface area contributed by atoms with Crippen LogP contribution in [0, 0.1) is 5.92 Å². The van der Waals surface area contributed by atoms with Gasteiger partial charge in [-0.2, -0.15) is 0 Å². The zero-order valence-electron chi connectivity index (χ0n) is 15.3. The van der Waals surface area contributed by atoms with E-state index in [1.54, 1.807) is 0 Å². The van der Waals surface area contributed by atoms with Gasteiger partial charge in [-0.25, -0.2) is 0 Å². The maximum atomic E-state index is 3.67. The predicted molar refractivity (Wildman–Crippen MR) is 101 cm³/mol. The molecular formula is C20H33N3. The Hall–Kier alpha value is -1.16. The van der Waals surface area contributed by atoms with Crippen LogP contribution in [0.3, 0.4) is 0 Å². The Bertz CT molecular complexity index is 473. The van der Waals surface area contributed by atoms with Crippen LogP contribution in [0.15, 0.2) is 35.9 Å². The van der Waals surface area contributed by atoms with Crippen LogP contribution >= 0.6 is 0 Å². The van der Waals surface area contributed by atoms with Crippen LogP contribution in [-0.2, 0) is 0 Å². The quantitative estimate of drug-likeness (QED) is 0.834. The lowest BCUT2D eigenvalue weighted by Gasteiger charge is -2.40. The van der Waals surface area contributed by atoms with Crippen LogP contribution in [-0.4, -0.2) is 62.2 Å². The molecule has 1 heterocycles. The van der Waals surface area contributed by atoms with Gasteiger partial charge in [0, 0.05) is 45.3 Å². The molecule has 0 radical (unpaired) electrons. The SMILES string of the molecule is C/C(=C\c1ccccc1)CNCC(C(C)C)N1CCN(C)CC1. The molecule has 128 valence electrons. The van der Waals surface area contributed by atoms with Gasteiger partial charge in [-0.1, -0.05) is 55.8 Å². The summed E-state index contributed by atoms with van der Waals surface area (Å²) in [6.45, 7) is 13.7. The van der Waals surface area contributed by atoms with E-state index < -0.39 is 0 Å². The highest BCUT2D eigenvalue weighted by molar-refractivity contribution is 5.52. The fourth-order valence-electron chi connectivity index (χ4n) is 3.24. The second-order valence-corrected chi connectivity index (χ2v) is 7.18. The summed E-state index contributed by atoms with van der Waals surface area (Å²) in [7, 11) is 2.22. The molecule has 1 saturated heterocycles. The number of benzene rings is 1. The van der Waals surface area contributed by atoms with Gasteiger partial charge < -0.3 is 10.2 Å². The predicted octanol–water partition coefficient (Wildman–Crippen LogP) is 2.95. The molecule has 2 rings (SSSR count). The first-order chi connectivity index (χ1) is 11.1. The van der Waals surface area contributed by atoms with E-state index in [4.69, 9.17) is 0 Å². The van der Waals surface area contributed by atoms with E-state index in [0.717, 1.165) is 13.1 Å². The van der Waals surface area contributed by atoms with Gasteiger partial charge in [0.15, 0.2) is 0 Å². The Kier molecular flexibility index (Phi) is 7.28. The number of piperazine rings is 1. The lowest BCUT2D eigenvalue weighted by atomic mass is 10.0. The third kappa shape index (κ3) is 6.09. The van der Waals surface area contributed by atoms with Gasteiger partial charge in [-0.15, -0.1) is 0 Å². The van der Waals surface area contributed by atoms with Crippen molar-refractivity contribution < 1.29 is 0 Å². The number of nitrogens with zero attached hydrogens (tertiary/aromatic N) is 2. The number of likely N-dealkylation sites (N-methyl/N-ethyl adjacent to an activating group) is 1. The van der Waals surface area contributed by atoms with Gasteiger partial charge in [0.05, 0.1) is 0 Å². The summed E-state index contributed by atoms with van der Waals surface area (Å²) >= 11 is 0. The highest BCUT2D eigenvalue weighted by Gasteiger charge is 2.24. The minimum absolute atomic E-state index is 0.633. The van der Waals surface area contributed by atoms with Crippen LogP contribution in [0.1, 0.15) is 26.3 Å². The van der Waals surface area contributed by atoms with Gasteiger partial charge in [0.25, 0.3) is 0 Å². The van der Waals surface area contributed by atoms with E-state index in [-0.39, 0.29) is 0 Å². The first kappa shape index (κ1) is 18.2. The normalized spacial score (nSPS) is 19.3. The van der Waals surface area contributed by atoms with Gasteiger partial charge in [0.1, 0.15) is 0 Å². The molecule has 1 aliphatic heterocycles. The van der Waals surface area contributed by atoms with Crippen molar-refractivity contribution in [1.82, 2.24) is 15.1 Å². The smallest absolute Gasteiger partial charge is 0.0244 e. The second kappa shape index (κ2) is 9.21. The van der Waals surface area contributed by atoms with Crippen molar-refractivity contribution in [3.05, 3.63) is 41.5 Å². The molecule has 0 saturated carbocycles. The minimum atomic E-state index is 0.633. The van der Waals surface area contributed by atoms with E-state index >= 15 is 0 Å². The molecule has 1 aromatic rings. The highest BCUT2D eigenvalue weighted by atomic mass is 15.3. The summed E-state index contributed by atoms with van der Waals surface area (Å²) in [5.41, 5.74) is 2.67. The Morgan fingerprint density at radius 2 is 1.78 bits per heavy atom. The lowest BCUT2D eigenvalue weighted by molar-refractivity contribution is 0.0881. The first-order valence-electron chi connectivity index (χ1n) is 8.92. The van der Waals surface area contributed by atoms with Crippen LogP contribution in [0.2, 0.25) is 0 Å². The molecule has 1 fully saturated rings. The molecule has 0 amide bonds. The molecule has 0 bridgehead atoms. The Labute approximate surface area is 142 Å². The van der Waals surface area contributed by atoms with Gasteiger partial charge in [-0.3, -0.25) is 4.90 Å². The fourth-order valence-corrected chi connectivity index (χ4v) is 3.24. The van der Waals surface area contributed by atoms with Gasteiger partial charge >= 0.3 is 0 Å². The van der Waals surface area contributed by atoms with E-state index in [1.807, 2.05) is 0 Å². The first-order valence-corrected chi connectivity index (χ1v) is 8.92. The Morgan fingerprint density at radius 3 is 2.39 bits per heavy atom. The number of hydrogen-bond donors (Lipinski definition) is 1. The molecule has 1 unspecified atom stereocenters.